The summed E-state index contributed by atoms with van der Waals surface area (Å²) >= 11 is 0. The van der Waals surface area contributed by atoms with E-state index in [0.717, 1.165) is 12.0 Å². The van der Waals surface area contributed by atoms with Crippen LogP contribution < -0.4 is 5.73 Å². The average Bonchev–Trinajstić information content (AvgIpc) is 2.99. The minimum atomic E-state index is -0.0487. The van der Waals surface area contributed by atoms with Gasteiger partial charge in [0, 0.05) is 13.1 Å². The first-order valence-electron chi connectivity index (χ1n) is 6.42. The maximum atomic E-state index is 12.5. The number of carbonyl (C=O) groups excluding carboxylic acids is 1. The van der Waals surface area contributed by atoms with Gasteiger partial charge in [-0.05, 0) is 23.6 Å². The lowest BCUT2D eigenvalue weighted by atomic mass is 9.92. The zero-order valence-corrected chi connectivity index (χ0v) is 10.6. The van der Waals surface area contributed by atoms with Crippen LogP contribution in [0.3, 0.4) is 0 Å². The molecule has 2 aromatic rings. The zero-order chi connectivity index (χ0) is 13.2. The van der Waals surface area contributed by atoms with Crippen molar-refractivity contribution in [1.29, 1.82) is 0 Å². The summed E-state index contributed by atoms with van der Waals surface area (Å²) in [5.41, 5.74) is 8.91. The minimum absolute atomic E-state index is 0.0151. The smallest absolute Gasteiger partial charge is 0.257 e. The van der Waals surface area contributed by atoms with Crippen molar-refractivity contribution in [1.82, 2.24) is 4.90 Å². The number of carbonyl (C=O) groups is 1. The van der Waals surface area contributed by atoms with Crippen LogP contribution in [0.2, 0.25) is 0 Å². The van der Waals surface area contributed by atoms with Gasteiger partial charge in [0.05, 0.1) is 17.9 Å². The molecule has 0 bridgehead atoms. The molecule has 1 aliphatic heterocycles. The Morgan fingerprint density at radius 1 is 1.37 bits per heavy atom. The molecular formula is C15H16N2O2. The van der Waals surface area contributed by atoms with Crippen LogP contribution in [0, 0.1) is 0 Å². The molecule has 0 spiro atoms. The standard InChI is InChI=1S/C15H16N2O2/c16-9-14-13-4-2-1-3-11(13)5-7-17(14)15(18)12-6-8-19-10-12/h1-4,6,8,10,14H,5,7,9,16H2. The molecule has 0 fully saturated rings. The molecule has 1 amide bonds. The Labute approximate surface area is 111 Å². The Morgan fingerprint density at radius 2 is 2.21 bits per heavy atom. The van der Waals surface area contributed by atoms with E-state index in [9.17, 15) is 4.79 Å². The van der Waals surface area contributed by atoms with Crippen LogP contribution in [0.15, 0.2) is 47.3 Å². The molecule has 4 nitrogen and oxygen atoms in total. The Kier molecular flexibility index (Phi) is 3.09. The number of rotatable bonds is 2. The largest absolute Gasteiger partial charge is 0.472 e. The maximum Gasteiger partial charge on any atom is 0.257 e. The molecule has 3 rings (SSSR count). The van der Waals surface area contributed by atoms with E-state index in [1.54, 1.807) is 6.07 Å². The Bertz CT molecular complexity index is 578. The van der Waals surface area contributed by atoms with E-state index in [-0.39, 0.29) is 11.9 Å². The highest BCUT2D eigenvalue weighted by atomic mass is 16.3. The monoisotopic (exact) mass is 256 g/mol. The Hall–Kier alpha value is -2.07. The third kappa shape index (κ3) is 2.04. The second-order valence-electron chi connectivity index (χ2n) is 4.71. The van der Waals surface area contributed by atoms with E-state index < -0.39 is 0 Å². The number of benzene rings is 1. The molecule has 1 aromatic carbocycles. The number of furan rings is 1. The van der Waals surface area contributed by atoms with Gasteiger partial charge in [-0.15, -0.1) is 0 Å². The molecule has 4 heteroatoms. The van der Waals surface area contributed by atoms with Gasteiger partial charge in [0.1, 0.15) is 6.26 Å². The van der Waals surface area contributed by atoms with Crippen LogP contribution in [0.1, 0.15) is 27.5 Å². The third-order valence-corrected chi connectivity index (χ3v) is 3.66. The molecule has 1 aromatic heterocycles. The van der Waals surface area contributed by atoms with Gasteiger partial charge in [-0.25, -0.2) is 0 Å². The van der Waals surface area contributed by atoms with Crippen molar-refractivity contribution < 1.29 is 9.21 Å². The van der Waals surface area contributed by atoms with Crippen molar-refractivity contribution >= 4 is 5.91 Å². The van der Waals surface area contributed by atoms with Gasteiger partial charge in [-0.2, -0.15) is 0 Å². The van der Waals surface area contributed by atoms with Gasteiger partial charge >= 0.3 is 0 Å². The van der Waals surface area contributed by atoms with Crippen LogP contribution in [-0.2, 0) is 6.42 Å². The summed E-state index contributed by atoms with van der Waals surface area (Å²) < 4.78 is 4.99. The van der Waals surface area contributed by atoms with Crippen molar-refractivity contribution in [2.75, 3.05) is 13.1 Å². The highest BCUT2D eigenvalue weighted by Gasteiger charge is 2.30. The summed E-state index contributed by atoms with van der Waals surface area (Å²) in [4.78, 5) is 14.3. The van der Waals surface area contributed by atoms with E-state index in [0.29, 0.717) is 18.7 Å². The normalized spacial score (nSPS) is 18.2. The number of nitrogens with zero attached hydrogens (tertiary/aromatic N) is 1. The Balaban J connectivity index is 1.94. The predicted molar refractivity (Wildman–Crippen MR) is 71.7 cm³/mol. The molecule has 0 saturated heterocycles. The van der Waals surface area contributed by atoms with Crippen molar-refractivity contribution in [3.05, 3.63) is 59.5 Å². The van der Waals surface area contributed by atoms with E-state index in [1.165, 1.54) is 18.1 Å². The van der Waals surface area contributed by atoms with Crippen LogP contribution in [0.5, 0.6) is 0 Å². The van der Waals surface area contributed by atoms with Crippen LogP contribution in [0.4, 0.5) is 0 Å². The van der Waals surface area contributed by atoms with Crippen molar-refractivity contribution in [2.24, 2.45) is 5.73 Å². The Morgan fingerprint density at radius 3 is 2.95 bits per heavy atom. The summed E-state index contributed by atoms with van der Waals surface area (Å²) in [5.74, 6) is -0.0151. The van der Waals surface area contributed by atoms with Gasteiger partial charge < -0.3 is 15.1 Å². The lowest BCUT2D eigenvalue weighted by Gasteiger charge is -2.36. The lowest BCUT2D eigenvalue weighted by Crippen LogP contribution is -2.43. The summed E-state index contributed by atoms with van der Waals surface area (Å²) in [6.07, 6.45) is 3.87. The van der Waals surface area contributed by atoms with Gasteiger partial charge in [0.15, 0.2) is 0 Å². The number of nitrogens with two attached hydrogens (primary N) is 1. The molecule has 98 valence electrons. The molecule has 2 heterocycles. The predicted octanol–water partition coefficient (Wildman–Crippen LogP) is 1.98. The first-order valence-corrected chi connectivity index (χ1v) is 6.42. The highest BCUT2D eigenvalue weighted by Crippen LogP contribution is 2.30. The molecule has 0 aliphatic carbocycles. The summed E-state index contributed by atoms with van der Waals surface area (Å²) in [6.45, 7) is 1.13. The van der Waals surface area contributed by atoms with Crippen molar-refractivity contribution in [3.8, 4) is 0 Å². The van der Waals surface area contributed by atoms with E-state index in [2.05, 4.69) is 12.1 Å². The summed E-state index contributed by atoms with van der Waals surface area (Å²) in [6, 6.07) is 9.83. The first kappa shape index (κ1) is 12.0. The number of hydrogen-bond donors (Lipinski definition) is 1. The number of fused-ring (bicyclic) bond motifs is 1. The lowest BCUT2D eigenvalue weighted by molar-refractivity contribution is 0.0667. The van der Waals surface area contributed by atoms with Crippen LogP contribution >= 0.6 is 0 Å². The molecule has 1 aliphatic rings. The van der Waals surface area contributed by atoms with Crippen LogP contribution in [-0.4, -0.2) is 23.9 Å². The minimum Gasteiger partial charge on any atom is -0.472 e. The topological polar surface area (TPSA) is 59.5 Å². The third-order valence-electron chi connectivity index (χ3n) is 3.66. The van der Waals surface area contributed by atoms with Crippen LogP contribution in [0.25, 0.3) is 0 Å². The zero-order valence-electron chi connectivity index (χ0n) is 10.6. The maximum absolute atomic E-state index is 12.5. The van der Waals surface area contributed by atoms with E-state index in [4.69, 9.17) is 10.2 Å². The van der Waals surface area contributed by atoms with Gasteiger partial charge in [0.2, 0.25) is 0 Å². The number of hydrogen-bond acceptors (Lipinski definition) is 3. The summed E-state index contributed by atoms with van der Waals surface area (Å²) in [5, 5.41) is 0. The van der Waals surface area contributed by atoms with Gasteiger partial charge in [-0.1, -0.05) is 24.3 Å². The SMILES string of the molecule is NCC1c2ccccc2CCN1C(=O)c1ccoc1. The number of amides is 1. The molecule has 2 N–H and O–H groups in total. The van der Waals surface area contributed by atoms with Gasteiger partial charge in [-0.3, -0.25) is 4.79 Å². The summed E-state index contributed by atoms with van der Waals surface area (Å²) in [7, 11) is 0. The van der Waals surface area contributed by atoms with E-state index >= 15 is 0 Å². The second kappa shape index (κ2) is 4.90. The fourth-order valence-corrected chi connectivity index (χ4v) is 2.70. The average molecular weight is 256 g/mol. The van der Waals surface area contributed by atoms with E-state index in [1.807, 2.05) is 17.0 Å². The molecule has 0 radical (unpaired) electrons. The fourth-order valence-electron chi connectivity index (χ4n) is 2.70. The van der Waals surface area contributed by atoms with Crippen molar-refractivity contribution in [3.63, 3.8) is 0 Å². The molecule has 1 unspecified atom stereocenters. The molecule has 0 saturated carbocycles. The quantitative estimate of drug-likeness (QED) is 0.893. The second-order valence-corrected chi connectivity index (χ2v) is 4.71. The van der Waals surface area contributed by atoms with Crippen molar-refractivity contribution in [2.45, 2.75) is 12.5 Å². The molecule has 19 heavy (non-hydrogen) atoms. The fraction of sp³-hybridized carbons (Fsp3) is 0.267. The first-order chi connectivity index (χ1) is 9.31. The highest BCUT2D eigenvalue weighted by molar-refractivity contribution is 5.94. The van der Waals surface area contributed by atoms with Gasteiger partial charge in [0.25, 0.3) is 5.91 Å². The molecular weight excluding hydrogens is 240 g/mol. The molecule has 1 atom stereocenters.